The minimum absolute atomic E-state index is 0.00674. The highest BCUT2D eigenvalue weighted by Gasteiger charge is 2.26. The first-order chi connectivity index (χ1) is 19.0. The number of nitrogens with one attached hydrogen (secondary N) is 1. The fraction of sp³-hybridized carbons (Fsp3) is 0.379. The molecule has 3 heterocycles. The average Bonchev–Trinajstić information content (AvgIpc) is 3.27. The molecular weight excluding hydrogens is 515 g/mol. The van der Waals surface area contributed by atoms with Gasteiger partial charge >= 0.3 is 11.7 Å². The van der Waals surface area contributed by atoms with Crippen LogP contribution in [0.4, 0.5) is 10.3 Å². The molecule has 0 radical (unpaired) electrons. The third kappa shape index (κ3) is 5.55. The summed E-state index contributed by atoms with van der Waals surface area (Å²) in [5, 5.41) is 9.37. The molecule has 0 amide bonds. The number of fused-ring (bicyclic) bond motifs is 1. The molecule has 210 valence electrons. The minimum Gasteiger partial charge on any atom is -0.480 e. The lowest BCUT2D eigenvalue weighted by Gasteiger charge is -2.35. The van der Waals surface area contributed by atoms with Crippen molar-refractivity contribution >= 4 is 23.1 Å². The number of benzene rings is 2. The smallest absolute Gasteiger partial charge is 0.330 e. The summed E-state index contributed by atoms with van der Waals surface area (Å²) in [6.45, 7) is 9.31. The zero-order chi connectivity index (χ0) is 28.6. The minimum atomic E-state index is -1.25. The Morgan fingerprint density at radius 3 is 2.27 bits per heavy atom. The number of piperazine rings is 1. The Hall–Kier alpha value is -4.25. The molecule has 2 aromatic heterocycles. The van der Waals surface area contributed by atoms with Gasteiger partial charge in [0.2, 0.25) is 5.95 Å². The van der Waals surface area contributed by atoms with Gasteiger partial charge < -0.3 is 10.0 Å². The van der Waals surface area contributed by atoms with Crippen LogP contribution in [0.3, 0.4) is 0 Å². The van der Waals surface area contributed by atoms with Gasteiger partial charge in [-0.05, 0) is 22.6 Å². The summed E-state index contributed by atoms with van der Waals surface area (Å²) < 4.78 is 17.2. The van der Waals surface area contributed by atoms with E-state index in [-0.39, 0.29) is 23.1 Å². The fourth-order valence-corrected chi connectivity index (χ4v) is 5.11. The van der Waals surface area contributed by atoms with Crippen molar-refractivity contribution in [2.45, 2.75) is 45.8 Å². The predicted molar refractivity (Wildman–Crippen MR) is 150 cm³/mol. The molecular formula is C29H33FN6O4. The van der Waals surface area contributed by atoms with E-state index in [1.54, 1.807) is 22.8 Å². The van der Waals surface area contributed by atoms with E-state index < -0.39 is 29.6 Å². The summed E-state index contributed by atoms with van der Waals surface area (Å²) in [5.74, 6) is -1.29. The van der Waals surface area contributed by atoms with Crippen LogP contribution in [-0.2, 0) is 29.8 Å². The summed E-state index contributed by atoms with van der Waals surface area (Å²) >= 11 is 0. The molecule has 10 nitrogen and oxygen atoms in total. The lowest BCUT2D eigenvalue weighted by Crippen LogP contribution is -2.47. The highest BCUT2D eigenvalue weighted by atomic mass is 19.1. The number of halogens is 1. The lowest BCUT2D eigenvalue weighted by atomic mass is 9.87. The van der Waals surface area contributed by atoms with Gasteiger partial charge in [0.25, 0.3) is 5.56 Å². The number of rotatable bonds is 7. The number of carboxylic acids is 1. The normalized spacial score (nSPS) is 14.7. The van der Waals surface area contributed by atoms with Crippen molar-refractivity contribution < 1.29 is 14.3 Å². The summed E-state index contributed by atoms with van der Waals surface area (Å²) in [6.07, 6.45) is 0. The number of carbonyl (C=O) groups is 1. The monoisotopic (exact) mass is 548 g/mol. The van der Waals surface area contributed by atoms with Crippen molar-refractivity contribution in [3.8, 4) is 0 Å². The molecule has 0 aliphatic carbocycles. The Morgan fingerprint density at radius 2 is 1.65 bits per heavy atom. The van der Waals surface area contributed by atoms with Crippen molar-refractivity contribution in [3.63, 3.8) is 0 Å². The second kappa shape index (κ2) is 10.7. The summed E-state index contributed by atoms with van der Waals surface area (Å²) in [5.41, 5.74) is 1.37. The molecule has 4 aromatic rings. The zero-order valence-corrected chi connectivity index (χ0v) is 22.9. The Bertz CT molecular complexity index is 1660. The Labute approximate surface area is 230 Å². The molecule has 1 aliphatic rings. The number of aliphatic carboxylic acids is 1. The zero-order valence-electron chi connectivity index (χ0n) is 22.9. The number of nitrogens with zero attached hydrogens (tertiary/aromatic N) is 5. The molecule has 1 saturated heterocycles. The van der Waals surface area contributed by atoms with Gasteiger partial charge in [0, 0.05) is 38.3 Å². The van der Waals surface area contributed by atoms with E-state index in [0.29, 0.717) is 24.6 Å². The van der Waals surface area contributed by atoms with Crippen molar-refractivity contribution in [2.24, 2.45) is 0 Å². The quantitative estimate of drug-likeness (QED) is 0.365. The number of imidazole rings is 1. The molecule has 11 heteroatoms. The summed E-state index contributed by atoms with van der Waals surface area (Å²) in [7, 11) is 0. The molecule has 0 bridgehead atoms. The topological polar surface area (TPSA) is 116 Å². The molecule has 5 rings (SSSR count). The first-order valence-electron chi connectivity index (χ1n) is 13.3. The first kappa shape index (κ1) is 27.3. The van der Waals surface area contributed by atoms with E-state index in [0.717, 1.165) is 24.2 Å². The van der Waals surface area contributed by atoms with Gasteiger partial charge in [-0.15, -0.1) is 0 Å². The van der Waals surface area contributed by atoms with Gasteiger partial charge in [-0.2, -0.15) is 4.98 Å². The first-order valence-corrected chi connectivity index (χ1v) is 13.3. The molecule has 0 spiro atoms. The second-order valence-electron chi connectivity index (χ2n) is 11.2. The third-order valence-electron chi connectivity index (χ3n) is 7.33. The number of carboxylic acid groups (broad SMARTS) is 1. The number of H-pyrrole nitrogens is 1. The van der Waals surface area contributed by atoms with Crippen molar-refractivity contribution in [3.05, 3.63) is 91.9 Å². The maximum atomic E-state index is 14.6. The van der Waals surface area contributed by atoms with Crippen LogP contribution < -0.4 is 16.1 Å². The van der Waals surface area contributed by atoms with E-state index in [4.69, 9.17) is 0 Å². The maximum absolute atomic E-state index is 14.6. The van der Waals surface area contributed by atoms with E-state index in [9.17, 15) is 23.9 Å². The largest absolute Gasteiger partial charge is 0.480 e. The maximum Gasteiger partial charge on any atom is 0.330 e. The molecule has 0 unspecified atom stereocenters. The Balaban J connectivity index is 1.45. The van der Waals surface area contributed by atoms with Crippen molar-refractivity contribution in [1.29, 1.82) is 0 Å². The molecule has 2 N–H and O–H groups in total. The SMILES string of the molecule is CC(C)(C)c1ccc(CN2CCN(c3nc4c(c(=O)[nH]c(=O)n4CC(=O)O)n3Cc3ccccc3F)CC2)cc1. The van der Waals surface area contributed by atoms with Gasteiger partial charge in [-0.1, -0.05) is 63.2 Å². The third-order valence-corrected chi connectivity index (χ3v) is 7.33. The van der Waals surface area contributed by atoms with E-state index in [2.05, 4.69) is 59.9 Å². The molecule has 2 aromatic carbocycles. The molecule has 0 saturated carbocycles. The van der Waals surface area contributed by atoms with Gasteiger partial charge in [0.15, 0.2) is 11.2 Å². The summed E-state index contributed by atoms with van der Waals surface area (Å²) in [4.78, 5) is 48.1. The van der Waals surface area contributed by atoms with Crippen molar-refractivity contribution in [2.75, 3.05) is 31.1 Å². The lowest BCUT2D eigenvalue weighted by molar-refractivity contribution is -0.137. The van der Waals surface area contributed by atoms with Gasteiger partial charge in [0.1, 0.15) is 12.4 Å². The van der Waals surface area contributed by atoms with Crippen LogP contribution in [0.25, 0.3) is 11.2 Å². The number of aromatic nitrogens is 4. The van der Waals surface area contributed by atoms with Gasteiger partial charge in [-0.3, -0.25) is 28.6 Å². The predicted octanol–water partition coefficient (Wildman–Crippen LogP) is 2.78. The van der Waals surface area contributed by atoms with E-state index in [1.807, 2.05) is 4.90 Å². The number of hydrogen-bond donors (Lipinski definition) is 2. The van der Waals surface area contributed by atoms with Gasteiger partial charge in [0.05, 0.1) is 6.54 Å². The molecule has 1 fully saturated rings. The van der Waals surface area contributed by atoms with Crippen molar-refractivity contribution in [1.82, 2.24) is 24.0 Å². The van der Waals surface area contributed by atoms with Crippen LogP contribution in [0.15, 0.2) is 58.1 Å². The van der Waals surface area contributed by atoms with E-state index >= 15 is 0 Å². The van der Waals surface area contributed by atoms with Crippen LogP contribution >= 0.6 is 0 Å². The van der Waals surface area contributed by atoms with E-state index in [1.165, 1.54) is 17.2 Å². The molecule has 1 aliphatic heterocycles. The van der Waals surface area contributed by atoms with Gasteiger partial charge in [-0.25, -0.2) is 9.18 Å². The Morgan fingerprint density at radius 1 is 0.975 bits per heavy atom. The fourth-order valence-electron chi connectivity index (χ4n) is 5.11. The number of anilines is 1. The highest BCUT2D eigenvalue weighted by Crippen LogP contribution is 2.25. The van der Waals surface area contributed by atoms with Crippen LogP contribution in [0.2, 0.25) is 0 Å². The standard InChI is InChI=1S/C29H33FN6O4/c1-29(2,3)21-10-8-19(9-11-21)16-33-12-14-34(15-13-33)27-31-25-24(26(39)32-28(40)36(25)18-23(37)38)35(27)17-20-6-4-5-7-22(20)30/h4-11H,12-18H2,1-3H3,(H,37,38)(H,32,39,40). The number of hydrogen-bond acceptors (Lipinski definition) is 6. The second-order valence-corrected chi connectivity index (χ2v) is 11.2. The molecule has 40 heavy (non-hydrogen) atoms. The van der Waals surface area contributed by atoms with Crippen LogP contribution in [0.5, 0.6) is 0 Å². The number of aromatic amines is 1. The molecule has 0 atom stereocenters. The summed E-state index contributed by atoms with van der Waals surface area (Å²) in [6, 6.07) is 14.9. The highest BCUT2D eigenvalue weighted by molar-refractivity contribution is 5.77. The van der Waals surface area contributed by atoms with Crippen LogP contribution in [-0.4, -0.2) is 61.3 Å². The van der Waals surface area contributed by atoms with Crippen LogP contribution in [0.1, 0.15) is 37.5 Å². The van der Waals surface area contributed by atoms with Crippen LogP contribution in [0, 0.1) is 5.82 Å². The Kier molecular flexibility index (Phi) is 7.33. The average molecular weight is 549 g/mol.